The third-order valence-electron chi connectivity index (χ3n) is 2.64. The van der Waals surface area contributed by atoms with Crippen LogP contribution in [0.5, 0.6) is 5.75 Å². The van der Waals surface area contributed by atoms with Gasteiger partial charge in [-0.15, -0.1) is 0 Å². The third kappa shape index (κ3) is 3.20. The van der Waals surface area contributed by atoms with Crippen LogP contribution in [0.4, 0.5) is 0 Å². The third-order valence-corrected chi connectivity index (χ3v) is 2.64. The Bertz CT molecular complexity index is 313. The second kappa shape index (κ2) is 5.84. The summed E-state index contributed by atoms with van der Waals surface area (Å²) in [5, 5.41) is 21.9. The lowest BCUT2D eigenvalue weighted by Crippen LogP contribution is -2.44. The van der Waals surface area contributed by atoms with Crippen molar-refractivity contribution < 1.29 is 14.9 Å². The Kier molecular flexibility index (Phi) is 4.73. The van der Waals surface area contributed by atoms with Crippen molar-refractivity contribution in [3.63, 3.8) is 0 Å². The van der Waals surface area contributed by atoms with Crippen molar-refractivity contribution >= 4 is 0 Å². The molecule has 1 aromatic carbocycles. The summed E-state index contributed by atoms with van der Waals surface area (Å²) < 4.78 is 4.95. The van der Waals surface area contributed by atoms with E-state index in [9.17, 15) is 10.2 Å². The number of methoxy groups -OCH3 is 1. The summed E-state index contributed by atoms with van der Waals surface area (Å²) in [6.07, 6.45) is 0. The molecule has 0 aliphatic rings. The molecule has 0 aliphatic heterocycles. The lowest BCUT2D eigenvalue weighted by Gasteiger charge is -2.29. The van der Waals surface area contributed by atoms with E-state index in [1.807, 2.05) is 6.92 Å². The van der Waals surface area contributed by atoms with Crippen molar-refractivity contribution in [1.82, 2.24) is 5.32 Å². The van der Waals surface area contributed by atoms with E-state index < -0.39 is 5.54 Å². The summed E-state index contributed by atoms with van der Waals surface area (Å²) in [5.41, 5.74) is 0.426. The maximum atomic E-state index is 9.44. The van der Waals surface area contributed by atoms with Crippen LogP contribution in [0.1, 0.15) is 12.5 Å². The monoisotopic (exact) mass is 225 g/mol. The molecule has 4 heteroatoms. The molecule has 1 unspecified atom stereocenters. The molecular weight excluding hydrogens is 206 g/mol. The van der Waals surface area contributed by atoms with Gasteiger partial charge in [-0.25, -0.2) is 0 Å². The molecule has 3 N–H and O–H groups in total. The highest BCUT2D eigenvalue weighted by atomic mass is 16.5. The fourth-order valence-corrected chi connectivity index (χ4v) is 1.51. The maximum absolute atomic E-state index is 9.44. The Hall–Kier alpha value is -1.10. The number of ether oxygens (including phenoxy) is 1. The van der Waals surface area contributed by atoms with Gasteiger partial charge in [0.15, 0.2) is 0 Å². The van der Waals surface area contributed by atoms with Gasteiger partial charge < -0.3 is 20.3 Å². The number of aromatic hydroxyl groups is 1. The summed E-state index contributed by atoms with van der Waals surface area (Å²) in [5.74, 6) is 0.223. The van der Waals surface area contributed by atoms with E-state index in [-0.39, 0.29) is 12.4 Å². The highest BCUT2D eigenvalue weighted by Crippen LogP contribution is 2.22. The SMILES string of the molecule is COCCNC(C)(CO)c1ccc(O)cc1. The first-order valence-electron chi connectivity index (χ1n) is 5.27. The minimum atomic E-state index is -0.508. The van der Waals surface area contributed by atoms with Crippen molar-refractivity contribution in [3.05, 3.63) is 29.8 Å². The van der Waals surface area contributed by atoms with Crippen LogP contribution in [-0.4, -0.2) is 37.1 Å². The molecule has 0 fully saturated rings. The van der Waals surface area contributed by atoms with Crippen molar-refractivity contribution in [1.29, 1.82) is 0 Å². The molecule has 0 saturated carbocycles. The van der Waals surface area contributed by atoms with E-state index in [1.54, 1.807) is 31.4 Å². The van der Waals surface area contributed by atoms with Crippen LogP contribution in [0, 0.1) is 0 Å². The minimum Gasteiger partial charge on any atom is -0.508 e. The minimum absolute atomic E-state index is 0.0124. The molecule has 0 aromatic heterocycles. The molecule has 0 spiro atoms. The van der Waals surface area contributed by atoms with Crippen LogP contribution >= 0.6 is 0 Å². The number of aliphatic hydroxyl groups excluding tert-OH is 1. The fourth-order valence-electron chi connectivity index (χ4n) is 1.51. The fraction of sp³-hybridized carbons (Fsp3) is 0.500. The number of rotatable bonds is 6. The van der Waals surface area contributed by atoms with E-state index in [4.69, 9.17) is 4.74 Å². The second-order valence-electron chi connectivity index (χ2n) is 3.96. The lowest BCUT2D eigenvalue weighted by atomic mass is 9.93. The predicted molar refractivity (Wildman–Crippen MR) is 62.4 cm³/mol. The first-order chi connectivity index (χ1) is 7.62. The molecule has 0 saturated heterocycles. The van der Waals surface area contributed by atoms with Gasteiger partial charge >= 0.3 is 0 Å². The second-order valence-corrected chi connectivity index (χ2v) is 3.96. The van der Waals surface area contributed by atoms with E-state index >= 15 is 0 Å². The van der Waals surface area contributed by atoms with E-state index in [2.05, 4.69) is 5.32 Å². The Morgan fingerprint density at radius 3 is 2.44 bits per heavy atom. The first kappa shape index (κ1) is 13.0. The average molecular weight is 225 g/mol. The number of benzene rings is 1. The van der Waals surface area contributed by atoms with Crippen LogP contribution in [0.2, 0.25) is 0 Å². The topological polar surface area (TPSA) is 61.7 Å². The zero-order chi connectivity index (χ0) is 12.0. The van der Waals surface area contributed by atoms with Crippen LogP contribution in [0.15, 0.2) is 24.3 Å². The van der Waals surface area contributed by atoms with Gasteiger partial charge in [0.1, 0.15) is 5.75 Å². The molecular formula is C12H19NO3. The molecule has 1 atom stereocenters. The number of nitrogens with one attached hydrogen (secondary N) is 1. The van der Waals surface area contributed by atoms with Gasteiger partial charge in [0.25, 0.3) is 0 Å². The van der Waals surface area contributed by atoms with Crippen LogP contribution < -0.4 is 5.32 Å². The maximum Gasteiger partial charge on any atom is 0.115 e. The zero-order valence-electron chi connectivity index (χ0n) is 9.73. The van der Waals surface area contributed by atoms with Gasteiger partial charge in [0, 0.05) is 13.7 Å². The van der Waals surface area contributed by atoms with Crippen molar-refractivity contribution in [2.24, 2.45) is 0 Å². The summed E-state index contributed by atoms with van der Waals surface area (Å²) in [4.78, 5) is 0. The number of hydrogen-bond acceptors (Lipinski definition) is 4. The van der Waals surface area contributed by atoms with Gasteiger partial charge in [-0.05, 0) is 24.6 Å². The van der Waals surface area contributed by atoms with Gasteiger partial charge in [0.05, 0.1) is 18.8 Å². The highest BCUT2D eigenvalue weighted by molar-refractivity contribution is 5.30. The molecule has 1 rings (SSSR count). The Morgan fingerprint density at radius 1 is 1.31 bits per heavy atom. The van der Waals surface area contributed by atoms with E-state index in [0.29, 0.717) is 13.2 Å². The number of phenolic OH excluding ortho intramolecular Hbond substituents is 1. The molecule has 0 amide bonds. The van der Waals surface area contributed by atoms with Crippen LogP contribution in [0.25, 0.3) is 0 Å². The van der Waals surface area contributed by atoms with Gasteiger partial charge in [-0.3, -0.25) is 0 Å². The summed E-state index contributed by atoms with van der Waals surface area (Å²) in [6, 6.07) is 6.82. The molecule has 1 aromatic rings. The quantitative estimate of drug-likeness (QED) is 0.628. The number of phenols is 1. The van der Waals surface area contributed by atoms with Crippen molar-refractivity contribution in [2.75, 3.05) is 26.9 Å². The molecule has 16 heavy (non-hydrogen) atoms. The summed E-state index contributed by atoms with van der Waals surface area (Å²) in [6.45, 7) is 3.15. The predicted octanol–water partition coefficient (Wildman–Crippen LogP) is 0.836. The number of aliphatic hydroxyl groups is 1. The number of hydrogen-bond donors (Lipinski definition) is 3. The van der Waals surface area contributed by atoms with E-state index in [1.165, 1.54) is 0 Å². The Morgan fingerprint density at radius 2 is 1.94 bits per heavy atom. The molecule has 4 nitrogen and oxygen atoms in total. The lowest BCUT2D eigenvalue weighted by molar-refractivity contribution is 0.148. The largest absolute Gasteiger partial charge is 0.508 e. The smallest absolute Gasteiger partial charge is 0.115 e. The summed E-state index contributed by atoms with van der Waals surface area (Å²) in [7, 11) is 1.64. The average Bonchev–Trinajstić information content (AvgIpc) is 2.30. The van der Waals surface area contributed by atoms with Crippen LogP contribution in [0.3, 0.4) is 0 Å². The Labute approximate surface area is 95.9 Å². The highest BCUT2D eigenvalue weighted by Gasteiger charge is 2.24. The molecule has 0 radical (unpaired) electrons. The van der Waals surface area contributed by atoms with Crippen molar-refractivity contribution in [2.45, 2.75) is 12.5 Å². The van der Waals surface area contributed by atoms with Gasteiger partial charge in [-0.2, -0.15) is 0 Å². The molecule has 0 heterocycles. The molecule has 90 valence electrons. The van der Waals surface area contributed by atoms with Gasteiger partial charge in [0.2, 0.25) is 0 Å². The summed E-state index contributed by atoms with van der Waals surface area (Å²) >= 11 is 0. The van der Waals surface area contributed by atoms with Gasteiger partial charge in [-0.1, -0.05) is 12.1 Å². The van der Waals surface area contributed by atoms with E-state index in [0.717, 1.165) is 5.56 Å². The first-order valence-corrected chi connectivity index (χ1v) is 5.27. The molecule has 0 aliphatic carbocycles. The van der Waals surface area contributed by atoms with Crippen molar-refractivity contribution in [3.8, 4) is 5.75 Å². The standard InChI is InChI=1S/C12H19NO3/c1-12(9-14,13-7-8-16-2)10-3-5-11(15)6-4-10/h3-6,13-15H,7-9H2,1-2H3. The molecule has 0 bridgehead atoms. The van der Waals surface area contributed by atoms with Crippen LogP contribution in [-0.2, 0) is 10.3 Å². The zero-order valence-corrected chi connectivity index (χ0v) is 9.73. The normalized spacial score (nSPS) is 14.7. The Balaban J connectivity index is 2.74.